The molecule has 0 bridgehead atoms. The molecule has 178 valence electrons. The van der Waals surface area contributed by atoms with Crippen molar-refractivity contribution in [1.29, 1.82) is 5.26 Å². The van der Waals surface area contributed by atoms with Crippen LogP contribution in [-0.2, 0) is 16.0 Å². The van der Waals surface area contributed by atoms with Crippen molar-refractivity contribution < 1.29 is 29.1 Å². The summed E-state index contributed by atoms with van der Waals surface area (Å²) in [4.78, 5) is 25.7. The summed E-state index contributed by atoms with van der Waals surface area (Å²) >= 11 is 0. The predicted octanol–water partition coefficient (Wildman–Crippen LogP) is 1.20. The van der Waals surface area contributed by atoms with Crippen molar-refractivity contribution in [2.75, 3.05) is 27.8 Å². The van der Waals surface area contributed by atoms with Crippen molar-refractivity contribution in [3.8, 4) is 17.6 Å². The molecule has 1 unspecified atom stereocenters. The molecular formula is C24H28BN3O6. The quantitative estimate of drug-likeness (QED) is 0.258. The lowest BCUT2D eigenvalue weighted by Crippen LogP contribution is -2.48. The fraction of sp³-hybridized carbons (Fsp3) is 0.292. The van der Waals surface area contributed by atoms with E-state index in [1.807, 2.05) is 36.4 Å². The summed E-state index contributed by atoms with van der Waals surface area (Å²) < 4.78 is 11.0. The summed E-state index contributed by atoms with van der Waals surface area (Å²) in [6.45, 7) is -0.00330. The summed E-state index contributed by atoms with van der Waals surface area (Å²) in [7, 11) is 2.87. The molecule has 2 aromatic carbocycles. The van der Waals surface area contributed by atoms with Gasteiger partial charge in [-0.05, 0) is 35.8 Å². The Balaban J connectivity index is 2.02. The molecule has 0 aromatic heterocycles. The van der Waals surface area contributed by atoms with Crippen LogP contribution < -0.4 is 14.8 Å². The minimum Gasteiger partial charge on any atom is -0.493 e. The molecule has 2 amide bonds. The number of likely N-dealkylation sites (N-methyl/N-ethyl adjacent to an activating group) is 1. The van der Waals surface area contributed by atoms with Crippen LogP contribution in [0, 0.1) is 11.3 Å². The maximum absolute atomic E-state index is 12.4. The van der Waals surface area contributed by atoms with Crippen molar-refractivity contribution in [2.24, 2.45) is 0 Å². The van der Waals surface area contributed by atoms with Crippen molar-refractivity contribution in [3.63, 3.8) is 0 Å². The maximum Gasteiger partial charge on any atom is 0.475 e. The average molecular weight is 465 g/mol. The van der Waals surface area contributed by atoms with Crippen LogP contribution in [0.1, 0.15) is 17.5 Å². The molecule has 0 aliphatic rings. The highest BCUT2D eigenvalue weighted by molar-refractivity contribution is 6.43. The Hall–Kier alpha value is -3.81. The standard InChI is InChI=1S/C24H28BN3O6/c1-28(2)24(30)19(16-26)13-18-9-10-20(33-3)21(14-18)34-12-11-23(29)27-22(25(31)32)15-17-7-5-4-6-8-17/h4-10,13-14,22,31-32H,11-12,15H2,1-3H3,(H,27,29). The van der Waals surface area contributed by atoms with Gasteiger partial charge < -0.3 is 29.7 Å². The lowest BCUT2D eigenvalue weighted by atomic mass is 9.76. The topological polar surface area (TPSA) is 132 Å². The molecule has 2 rings (SSSR count). The summed E-state index contributed by atoms with van der Waals surface area (Å²) in [5.41, 5.74) is 1.38. The molecule has 0 heterocycles. The predicted molar refractivity (Wildman–Crippen MR) is 128 cm³/mol. The molecule has 9 nitrogen and oxygen atoms in total. The van der Waals surface area contributed by atoms with Crippen LogP contribution in [0.5, 0.6) is 11.5 Å². The van der Waals surface area contributed by atoms with Gasteiger partial charge in [0.25, 0.3) is 5.91 Å². The first-order valence-electron chi connectivity index (χ1n) is 10.6. The highest BCUT2D eigenvalue weighted by atomic mass is 16.5. The molecular weight excluding hydrogens is 437 g/mol. The van der Waals surface area contributed by atoms with E-state index in [4.69, 9.17) is 9.47 Å². The number of benzene rings is 2. The van der Waals surface area contributed by atoms with Crippen LogP contribution in [-0.4, -0.2) is 67.6 Å². The number of nitriles is 1. The highest BCUT2D eigenvalue weighted by Crippen LogP contribution is 2.29. The number of carbonyl (C=O) groups excluding carboxylic acids is 2. The number of rotatable bonds is 11. The molecule has 0 aliphatic carbocycles. The SMILES string of the molecule is COc1ccc(C=C(C#N)C(=O)N(C)C)cc1OCCC(=O)NC(Cc1ccccc1)B(O)O. The Labute approximate surface area is 199 Å². The Morgan fingerprint density at radius 1 is 1.18 bits per heavy atom. The van der Waals surface area contributed by atoms with Gasteiger partial charge in [-0.15, -0.1) is 0 Å². The third kappa shape index (κ3) is 7.96. The largest absolute Gasteiger partial charge is 0.493 e. The van der Waals surface area contributed by atoms with Crippen molar-refractivity contribution >= 4 is 25.0 Å². The molecule has 0 aliphatic heterocycles. The number of nitrogens with one attached hydrogen (secondary N) is 1. The van der Waals surface area contributed by atoms with E-state index in [1.54, 1.807) is 32.3 Å². The van der Waals surface area contributed by atoms with E-state index in [1.165, 1.54) is 18.1 Å². The molecule has 0 radical (unpaired) electrons. The minimum atomic E-state index is -1.71. The number of methoxy groups -OCH3 is 1. The van der Waals surface area contributed by atoms with E-state index in [2.05, 4.69) is 5.32 Å². The highest BCUT2D eigenvalue weighted by Gasteiger charge is 2.25. The van der Waals surface area contributed by atoms with E-state index in [0.717, 1.165) is 5.56 Å². The lowest BCUT2D eigenvalue weighted by Gasteiger charge is -2.18. The van der Waals surface area contributed by atoms with Crippen LogP contribution in [0.2, 0.25) is 0 Å². The van der Waals surface area contributed by atoms with Crippen LogP contribution in [0.4, 0.5) is 0 Å². The Morgan fingerprint density at radius 3 is 2.47 bits per heavy atom. The first-order chi connectivity index (χ1) is 16.2. The van der Waals surface area contributed by atoms with Crippen LogP contribution >= 0.6 is 0 Å². The fourth-order valence-corrected chi connectivity index (χ4v) is 3.08. The zero-order valence-electron chi connectivity index (χ0n) is 19.4. The van der Waals surface area contributed by atoms with E-state index >= 15 is 0 Å². The van der Waals surface area contributed by atoms with Crippen LogP contribution in [0.25, 0.3) is 6.08 Å². The van der Waals surface area contributed by atoms with Gasteiger partial charge >= 0.3 is 7.12 Å². The number of hydrogen-bond donors (Lipinski definition) is 3. The molecule has 3 N–H and O–H groups in total. The smallest absolute Gasteiger partial charge is 0.475 e. The summed E-state index contributed by atoms with van der Waals surface area (Å²) in [5, 5.41) is 31.1. The van der Waals surface area contributed by atoms with E-state index < -0.39 is 24.9 Å². The van der Waals surface area contributed by atoms with Gasteiger partial charge in [0.05, 0.1) is 26.1 Å². The monoisotopic (exact) mass is 465 g/mol. The second-order valence-corrected chi connectivity index (χ2v) is 7.66. The van der Waals surface area contributed by atoms with Gasteiger partial charge in [-0.1, -0.05) is 36.4 Å². The number of nitrogens with zero attached hydrogens (tertiary/aromatic N) is 2. The Kier molecular flexibility index (Phi) is 10.1. The van der Waals surface area contributed by atoms with E-state index in [9.17, 15) is 24.9 Å². The Bertz CT molecular complexity index is 1050. The van der Waals surface area contributed by atoms with Gasteiger partial charge in [0.1, 0.15) is 11.6 Å². The Morgan fingerprint density at radius 2 is 1.88 bits per heavy atom. The lowest BCUT2D eigenvalue weighted by molar-refractivity contribution is -0.124. The maximum atomic E-state index is 12.4. The van der Waals surface area contributed by atoms with Gasteiger partial charge in [0, 0.05) is 14.1 Å². The second kappa shape index (κ2) is 13.0. The third-order valence-electron chi connectivity index (χ3n) is 4.85. The second-order valence-electron chi connectivity index (χ2n) is 7.66. The van der Waals surface area contributed by atoms with Gasteiger partial charge in [0.15, 0.2) is 11.5 Å². The van der Waals surface area contributed by atoms with Crippen molar-refractivity contribution in [2.45, 2.75) is 18.8 Å². The number of amides is 2. The summed E-state index contributed by atoms with van der Waals surface area (Å²) in [6, 6.07) is 16.0. The molecule has 0 spiro atoms. The average Bonchev–Trinajstić information content (AvgIpc) is 2.82. The van der Waals surface area contributed by atoms with Crippen molar-refractivity contribution in [1.82, 2.24) is 10.2 Å². The summed E-state index contributed by atoms with van der Waals surface area (Å²) in [6.07, 6.45) is 1.67. The van der Waals surface area contributed by atoms with Crippen LogP contribution in [0.3, 0.4) is 0 Å². The molecule has 0 fully saturated rings. The fourth-order valence-electron chi connectivity index (χ4n) is 3.08. The molecule has 0 saturated carbocycles. The van der Waals surface area contributed by atoms with Crippen molar-refractivity contribution in [3.05, 3.63) is 65.2 Å². The van der Waals surface area contributed by atoms with Crippen LogP contribution in [0.15, 0.2) is 54.1 Å². The molecule has 34 heavy (non-hydrogen) atoms. The van der Waals surface area contributed by atoms with Gasteiger partial charge in [-0.3, -0.25) is 9.59 Å². The summed E-state index contributed by atoms with van der Waals surface area (Å²) in [5.74, 6) is -0.943. The van der Waals surface area contributed by atoms with E-state index in [0.29, 0.717) is 17.1 Å². The zero-order chi connectivity index (χ0) is 25.1. The molecule has 1 atom stereocenters. The van der Waals surface area contributed by atoms with E-state index in [-0.39, 0.29) is 25.0 Å². The number of hydrogen-bond acceptors (Lipinski definition) is 7. The normalized spacial score (nSPS) is 11.7. The van der Waals surface area contributed by atoms with Gasteiger partial charge in [0.2, 0.25) is 5.91 Å². The molecule has 10 heteroatoms. The molecule has 2 aromatic rings. The zero-order valence-corrected chi connectivity index (χ0v) is 19.4. The first kappa shape index (κ1) is 26.4. The number of ether oxygens (including phenoxy) is 2. The first-order valence-corrected chi connectivity index (χ1v) is 10.6. The number of carbonyl (C=O) groups is 2. The third-order valence-corrected chi connectivity index (χ3v) is 4.85. The molecule has 0 saturated heterocycles. The van der Waals surface area contributed by atoms with Gasteiger partial charge in [-0.2, -0.15) is 5.26 Å². The van der Waals surface area contributed by atoms with Gasteiger partial charge in [-0.25, -0.2) is 0 Å². The minimum absolute atomic E-state index is 0.00330.